The molecule has 1 aromatic rings. The minimum atomic E-state index is -0.524. The van der Waals surface area contributed by atoms with Crippen LogP contribution in [0.25, 0.3) is 0 Å². The average molecular weight is 277 g/mol. The lowest BCUT2D eigenvalue weighted by Crippen LogP contribution is -2.31. The molecular formula is C16H23NO3. The first-order chi connectivity index (χ1) is 9.12. The number of nitrogens with one attached hydrogen (secondary N) is 1. The summed E-state index contributed by atoms with van der Waals surface area (Å²) in [6.45, 7) is 10.2. The molecule has 1 aliphatic rings. The molecule has 110 valence electrons. The third kappa shape index (κ3) is 2.89. The highest BCUT2D eigenvalue weighted by atomic mass is 16.5. The number of ether oxygens (including phenoxy) is 2. The number of carbonyl (C=O) groups is 1. The van der Waals surface area contributed by atoms with Crippen molar-refractivity contribution in [1.82, 2.24) is 0 Å². The van der Waals surface area contributed by atoms with Crippen LogP contribution in [0.2, 0.25) is 0 Å². The summed E-state index contributed by atoms with van der Waals surface area (Å²) >= 11 is 0. The van der Waals surface area contributed by atoms with Crippen LogP contribution in [0.5, 0.6) is 11.5 Å². The fraction of sp³-hybridized carbons (Fsp3) is 0.562. The van der Waals surface area contributed by atoms with Crippen LogP contribution in [0, 0.1) is 0 Å². The molecule has 1 N–H and O–H groups in total. The molecule has 0 atom stereocenters. The van der Waals surface area contributed by atoms with Gasteiger partial charge in [-0.05, 0) is 25.3 Å². The van der Waals surface area contributed by atoms with Gasteiger partial charge in [0.1, 0.15) is 17.1 Å². The number of anilines is 1. The maximum atomic E-state index is 12.0. The Bertz CT molecular complexity index is 541. The Balaban J connectivity index is 2.66. The molecule has 0 unspecified atom stereocenters. The molecule has 1 heterocycles. The van der Waals surface area contributed by atoms with Crippen molar-refractivity contribution in [2.45, 2.75) is 52.1 Å². The summed E-state index contributed by atoms with van der Waals surface area (Å²) in [6.07, 6.45) is 0.327. The summed E-state index contributed by atoms with van der Waals surface area (Å²) in [5.74, 6) is 1.42. The quantitative estimate of drug-likeness (QED) is 0.854. The molecule has 0 bridgehead atoms. The van der Waals surface area contributed by atoms with Crippen molar-refractivity contribution in [3.63, 3.8) is 0 Å². The summed E-state index contributed by atoms with van der Waals surface area (Å²) in [5.41, 5.74) is 1.08. The van der Waals surface area contributed by atoms with E-state index in [1.54, 1.807) is 7.11 Å². The third-order valence-electron chi connectivity index (χ3n) is 3.34. The van der Waals surface area contributed by atoms with Crippen LogP contribution in [-0.2, 0) is 10.2 Å². The van der Waals surface area contributed by atoms with Crippen LogP contribution in [0.4, 0.5) is 5.69 Å². The van der Waals surface area contributed by atoms with Gasteiger partial charge in [0.15, 0.2) is 0 Å². The summed E-state index contributed by atoms with van der Waals surface area (Å²) in [5, 5.41) is 2.92. The minimum Gasteiger partial charge on any atom is -0.497 e. The number of amides is 1. The van der Waals surface area contributed by atoms with E-state index in [1.807, 2.05) is 26.0 Å². The molecule has 0 radical (unpaired) electrons. The third-order valence-corrected chi connectivity index (χ3v) is 3.34. The van der Waals surface area contributed by atoms with Crippen LogP contribution >= 0.6 is 0 Å². The van der Waals surface area contributed by atoms with Gasteiger partial charge in [-0.2, -0.15) is 0 Å². The summed E-state index contributed by atoms with van der Waals surface area (Å²) in [6, 6.07) is 3.79. The fourth-order valence-electron chi connectivity index (χ4n) is 2.37. The van der Waals surface area contributed by atoms with E-state index < -0.39 is 5.60 Å². The molecule has 0 aromatic heterocycles. The van der Waals surface area contributed by atoms with Gasteiger partial charge in [-0.15, -0.1) is 0 Å². The van der Waals surface area contributed by atoms with E-state index in [4.69, 9.17) is 9.47 Å². The van der Waals surface area contributed by atoms with E-state index >= 15 is 0 Å². The smallest absolute Gasteiger partial charge is 0.228 e. The van der Waals surface area contributed by atoms with Gasteiger partial charge in [-0.1, -0.05) is 20.8 Å². The number of fused-ring (bicyclic) bond motifs is 1. The Morgan fingerprint density at radius 1 is 1.30 bits per heavy atom. The first-order valence-electron chi connectivity index (χ1n) is 6.84. The average Bonchev–Trinajstić information content (AvgIpc) is 2.39. The zero-order chi connectivity index (χ0) is 15.1. The van der Waals surface area contributed by atoms with Crippen molar-refractivity contribution in [2.75, 3.05) is 12.4 Å². The van der Waals surface area contributed by atoms with Crippen LogP contribution in [0.15, 0.2) is 12.1 Å². The highest BCUT2D eigenvalue weighted by Gasteiger charge is 2.33. The zero-order valence-corrected chi connectivity index (χ0v) is 13.1. The molecule has 4 heteroatoms. The topological polar surface area (TPSA) is 47.6 Å². The van der Waals surface area contributed by atoms with Gasteiger partial charge in [0, 0.05) is 11.6 Å². The largest absolute Gasteiger partial charge is 0.497 e. The van der Waals surface area contributed by atoms with E-state index in [2.05, 4.69) is 26.1 Å². The summed E-state index contributed by atoms with van der Waals surface area (Å²) in [4.78, 5) is 12.0. The number of benzene rings is 1. The van der Waals surface area contributed by atoms with Gasteiger partial charge in [-0.3, -0.25) is 4.79 Å². The molecule has 2 rings (SSSR count). The first-order valence-corrected chi connectivity index (χ1v) is 6.84. The zero-order valence-electron chi connectivity index (χ0n) is 13.1. The normalized spacial score (nSPS) is 17.6. The number of methoxy groups -OCH3 is 1. The predicted octanol–water partition coefficient (Wildman–Crippen LogP) is 3.49. The Labute approximate surface area is 120 Å². The molecule has 1 aliphatic heterocycles. The first kappa shape index (κ1) is 14.7. The van der Waals surface area contributed by atoms with Crippen LogP contribution in [-0.4, -0.2) is 18.6 Å². The second kappa shape index (κ2) is 4.69. The van der Waals surface area contributed by atoms with Gasteiger partial charge < -0.3 is 14.8 Å². The number of hydrogen-bond donors (Lipinski definition) is 1. The lowest BCUT2D eigenvalue weighted by atomic mass is 9.85. The van der Waals surface area contributed by atoms with Crippen LogP contribution in [0.3, 0.4) is 0 Å². The lowest BCUT2D eigenvalue weighted by Gasteiger charge is -2.29. The maximum absolute atomic E-state index is 12.0. The Hall–Kier alpha value is -1.71. The van der Waals surface area contributed by atoms with Crippen molar-refractivity contribution < 1.29 is 14.3 Å². The molecule has 20 heavy (non-hydrogen) atoms. The van der Waals surface area contributed by atoms with Gasteiger partial charge in [0.05, 0.1) is 19.2 Å². The number of rotatable bonds is 1. The van der Waals surface area contributed by atoms with Crippen LogP contribution < -0.4 is 14.8 Å². The minimum absolute atomic E-state index is 0.0399. The molecule has 0 saturated heterocycles. The summed E-state index contributed by atoms with van der Waals surface area (Å²) < 4.78 is 11.5. The van der Waals surface area contributed by atoms with Gasteiger partial charge in [0.2, 0.25) is 5.91 Å². The fourth-order valence-corrected chi connectivity index (χ4v) is 2.37. The second-order valence-electron chi connectivity index (χ2n) is 6.89. The Morgan fingerprint density at radius 3 is 2.50 bits per heavy atom. The van der Waals surface area contributed by atoms with E-state index in [-0.39, 0.29) is 11.3 Å². The molecule has 0 saturated carbocycles. The second-order valence-corrected chi connectivity index (χ2v) is 6.89. The van der Waals surface area contributed by atoms with Crippen molar-refractivity contribution >= 4 is 11.6 Å². The van der Waals surface area contributed by atoms with Gasteiger partial charge in [0.25, 0.3) is 0 Å². The van der Waals surface area contributed by atoms with Crippen molar-refractivity contribution in [3.05, 3.63) is 17.7 Å². The Kier molecular flexibility index (Phi) is 3.44. The van der Waals surface area contributed by atoms with Crippen molar-refractivity contribution in [2.24, 2.45) is 0 Å². The van der Waals surface area contributed by atoms with Crippen LogP contribution in [0.1, 0.15) is 46.6 Å². The van der Waals surface area contributed by atoms with Gasteiger partial charge >= 0.3 is 0 Å². The maximum Gasteiger partial charge on any atom is 0.228 e. The Morgan fingerprint density at radius 2 is 1.95 bits per heavy atom. The molecule has 1 amide bonds. The van der Waals surface area contributed by atoms with E-state index in [0.29, 0.717) is 12.1 Å². The molecule has 0 spiro atoms. The predicted molar refractivity (Wildman–Crippen MR) is 79.6 cm³/mol. The standard InChI is InChI=1S/C16H23NO3/c1-15(2,3)11-7-10(19-6)8-12-14(11)20-16(4,5)9-13(18)17-12/h7-8H,9H2,1-6H3,(H,17,18). The molecule has 1 aromatic carbocycles. The molecule has 4 nitrogen and oxygen atoms in total. The monoisotopic (exact) mass is 277 g/mol. The van der Waals surface area contributed by atoms with E-state index in [1.165, 1.54) is 0 Å². The van der Waals surface area contributed by atoms with E-state index in [9.17, 15) is 4.79 Å². The number of hydrogen-bond acceptors (Lipinski definition) is 3. The van der Waals surface area contributed by atoms with Crippen molar-refractivity contribution in [3.8, 4) is 11.5 Å². The number of carbonyl (C=O) groups excluding carboxylic acids is 1. The van der Waals surface area contributed by atoms with Crippen molar-refractivity contribution in [1.29, 1.82) is 0 Å². The van der Waals surface area contributed by atoms with E-state index in [0.717, 1.165) is 17.1 Å². The lowest BCUT2D eigenvalue weighted by molar-refractivity contribution is -0.118. The SMILES string of the molecule is COc1cc2c(c(C(C)(C)C)c1)OC(C)(C)CC(=O)N2. The van der Waals surface area contributed by atoms with Gasteiger partial charge in [-0.25, -0.2) is 0 Å². The highest BCUT2D eigenvalue weighted by molar-refractivity contribution is 5.94. The molecule has 0 aliphatic carbocycles. The molecule has 0 fully saturated rings. The molecular weight excluding hydrogens is 254 g/mol. The highest BCUT2D eigenvalue weighted by Crippen LogP contribution is 2.43. The summed E-state index contributed by atoms with van der Waals surface area (Å²) in [7, 11) is 1.62.